The maximum absolute atomic E-state index is 10.2. The van der Waals surface area contributed by atoms with Gasteiger partial charge >= 0.3 is 6.72 Å². The van der Waals surface area contributed by atoms with Gasteiger partial charge in [-0.1, -0.05) is 0 Å². The number of nitrogen functional groups attached to an aromatic ring is 1. The summed E-state index contributed by atoms with van der Waals surface area (Å²) in [7, 11) is 0. The Morgan fingerprint density at radius 1 is 1.35 bits per heavy atom. The Kier molecular flexibility index (Phi) is 4.33. The summed E-state index contributed by atoms with van der Waals surface area (Å²) >= 11 is 4.33. The van der Waals surface area contributed by atoms with Crippen LogP contribution in [-0.4, -0.2) is 64.4 Å². The molecule has 1 aliphatic rings. The van der Waals surface area contributed by atoms with Crippen molar-refractivity contribution >= 4 is 35.5 Å². The SMILES string of the molecule is Nc1ncnc2c1ncn2[C@@H]1O[C@H](C[18O]P([17OH])([17OH])=S)[C@@H](O)[C@H]1O. The van der Waals surface area contributed by atoms with E-state index in [2.05, 4.69) is 31.3 Å². The topological polar surface area (TPSA) is 169 Å². The monoisotopic (exact) mass is 367 g/mol. The lowest BCUT2D eigenvalue weighted by Gasteiger charge is -2.16. The third-order valence-electron chi connectivity index (χ3n) is 3.41. The van der Waals surface area contributed by atoms with Crippen LogP contribution in [0.5, 0.6) is 0 Å². The minimum absolute atomic E-state index is 0.169. The zero-order valence-electron chi connectivity index (χ0n) is 11.5. The van der Waals surface area contributed by atoms with Crippen LogP contribution in [0, 0.1) is 0 Å². The maximum Gasteiger partial charge on any atom is 0.321 e. The first kappa shape index (κ1) is 16.6. The zero-order chi connectivity index (χ0) is 16.8. The Balaban J connectivity index is 1.85. The van der Waals surface area contributed by atoms with Crippen LogP contribution in [0.25, 0.3) is 11.2 Å². The second kappa shape index (κ2) is 6.00. The summed E-state index contributed by atoms with van der Waals surface area (Å²) in [5, 5.41) is 20.2. The fraction of sp³-hybridized carbons (Fsp3) is 0.500. The number of fused-ring (bicyclic) bond motifs is 1. The molecule has 1 saturated heterocycles. The van der Waals surface area contributed by atoms with Crippen LogP contribution >= 0.6 is 6.72 Å². The van der Waals surface area contributed by atoms with E-state index < -0.39 is 31.3 Å². The van der Waals surface area contributed by atoms with Gasteiger partial charge in [0.25, 0.3) is 0 Å². The van der Waals surface area contributed by atoms with Crippen molar-refractivity contribution in [1.82, 2.24) is 19.5 Å². The number of aromatic nitrogens is 4. The van der Waals surface area contributed by atoms with Crippen molar-refractivity contribution < 1.29 is 29.3 Å². The van der Waals surface area contributed by atoms with E-state index in [9.17, 15) is 10.2 Å². The molecule has 11 nitrogen and oxygen atoms in total. The van der Waals surface area contributed by atoms with Crippen molar-refractivity contribution in [3.63, 3.8) is 0 Å². The molecule has 3 heterocycles. The number of ether oxygens (including phenoxy) is 1. The first-order valence-electron chi connectivity index (χ1n) is 6.42. The predicted octanol–water partition coefficient (Wildman–Crippen LogP) is -1.75. The van der Waals surface area contributed by atoms with Crippen LogP contribution in [0.2, 0.25) is 0 Å². The first-order valence-corrected chi connectivity index (χ1v) is 9.05. The molecule has 2 aromatic rings. The normalized spacial score (nSPS) is 28.5. The van der Waals surface area contributed by atoms with Crippen molar-refractivity contribution in [3.8, 4) is 0 Å². The van der Waals surface area contributed by atoms with Crippen LogP contribution in [-0.2, 0) is 21.1 Å². The molecular weight excluding hydrogens is 353 g/mol. The second-order valence-corrected chi connectivity index (χ2v) is 7.58. The molecule has 0 spiro atoms. The van der Waals surface area contributed by atoms with Gasteiger partial charge in [-0.3, -0.25) is 4.57 Å². The molecule has 23 heavy (non-hydrogen) atoms. The van der Waals surface area contributed by atoms with Gasteiger partial charge in [0.15, 0.2) is 17.7 Å². The first-order chi connectivity index (χ1) is 10.8. The van der Waals surface area contributed by atoms with E-state index in [0.717, 1.165) is 0 Å². The van der Waals surface area contributed by atoms with Crippen molar-refractivity contribution in [3.05, 3.63) is 12.7 Å². The lowest BCUT2D eigenvalue weighted by atomic mass is 10.1. The lowest BCUT2D eigenvalue weighted by Crippen LogP contribution is -2.33. The van der Waals surface area contributed by atoms with Crippen LogP contribution in [0.3, 0.4) is 0 Å². The van der Waals surface area contributed by atoms with Gasteiger partial charge in [0.2, 0.25) is 0 Å². The molecular formula is C10H14N5O6PS. The zero-order valence-corrected chi connectivity index (χ0v) is 13.2. The number of nitrogens with two attached hydrogens (primary N) is 1. The molecule has 0 aliphatic carbocycles. The minimum atomic E-state index is -3.89. The number of nitrogens with zero attached hydrogens (tertiary/aromatic N) is 4. The smallest absolute Gasteiger partial charge is 0.321 e. The minimum Gasteiger partial charge on any atom is -0.387 e. The Morgan fingerprint density at radius 2 is 2.09 bits per heavy atom. The molecule has 0 saturated carbocycles. The molecule has 0 bridgehead atoms. The summed E-state index contributed by atoms with van der Waals surface area (Å²) in [6.07, 6.45) is -2.06. The van der Waals surface area contributed by atoms with E-state index in [-0.39, 0.29) is 12.4 Å². The lowest BCUT2D eigenvalue weighted by molar-refractivity contribution is -0.0487. The van der Waals surface area contributed by atoms with Gasteiger partial charge in [-0.05, 0) is 11.8 Å². The van der Waals surface area contributed by atoms with Crippen molar-refractivity contribution in [2.45, 2.75) is 24.5 Å². The van der Waals surface area contributed by atoms with Gasteiger partial charge in [0.05, 0.1) is 12.9 Å². The number of aliphatic hydroxyl groups is 2. The van der Waals surface area contributed by atoms with Gasteiger partial charge in [-0.2, -0.15) is 0 Å². The van der Waals surface area contributed by atoms with E-state index in [4.69, 9.17) is 20.3 Å². The summed E-state index contributed by atoms with van der Waals surface area (Å²) in [5.41, 5.74) is 6.35. The fourth-order valence-electron chi connectivity index (χ4n) is 2.32. The molecule has 0 amide bonds. The van der Waals surface area contributed by atoms with Crippen LogP contribution in [0.1, 0.15) is 6.23 Å². The summed E-state index contributed by atoms with van der Waals surface area (Å²) < 4.78 is 11.6. The van der Waals surface area contributed by atoms with E-state index in [1.165, 1.54) is 17.2 Å². The molecule has 3 rings (SSSR count). The molecule has 4 atom stereocenters. The maximum atomic E-state index is 10.2. The van der Waals surface area contributed by atoms with E-state index >= 15 is 0 Å². The van der Waals surface area contributed by atoms with Crippen molar-refractivity contribution in [1.29, 1.82) is 0 Å². The highest BCUT2D eigenvalue weighted by atomic mass is 32.5. The Bertz CT molecular complexity index is 767. The molecule has 0 radical (unpaired) electrons. The highest BCUT2D eigenvalue weighted by Crippen LogP contribution is 2.39. The van der Waals surface area contributed by atoms with E-state index in [1.807, 2.05) is 0 Å². The van der Waals surface area contributed by atoms with Gasteiger partial charge in [-0.25, -0.2) is 15.0 Å². The Morgan fingerprint density at radius 3 is 2.78 bits per heavy atom. The molecule has 13 heteroatoms. The Labute approximate surface area is 134 Å². The van der Waals surface area contributed by atoms with Gasteiger partial charge in [-0.15, -0.1) is 0 Å². The largest absolute Gasteiger partial charge is 0.387 e. The highest BCUT2D eigenvalue weighted by molar-refractivity contribution is 8.06. The summed E-state index contributed by atoms with van der Waals surface area (Å²) in [6, 6.07) is 0. The average molecular weight is 367 g/mol. The quantitative estimate of drug-likeness (QED) is 0.307. The number of hydrogen-bond acceptors (Lipinski definition) is 9. The van der Waals surface area contributed by atoms with Crippen LogP contribution in [0.15, 0.2) is 12.7 Å². The summed E-state index contributed by atoms with van der Waals surface area (Å²) in [6.45, 7) is -4.27. The number of imidazole rings is 1. The van der Waals surface area contributed by atoms with E-state index in [0.29, 0.717) is 11.2 Å². The van der Waals surface area contributed by atoms with Crippen LogP contribution in [0.4, 0.5) is 5.82 Å². The molecule has 0 unspecified atom stereocenters. The van der Waals surface area contributed by atoms with Crippen LogP contribution < -0.4 is 5.73 Å². The number of rotatable bonds is 4. The highest BCUT2D eigenvalue weighted by Gasteiger charge is 2.44. The van der Waals surface area contributed by atoms with Gasteiger partial charge in [0, 0.05) is 0 Å². The van der Waals surface area contributed by atoms with Crippen molar-refractivity contribution in [2.75, 3.05) is 12.3 Å². The molecule has 0 aromatic carbocycles. The third kappa shape index (κ3) is 3.20. The molecule has 126 valence electrons. The fourth-order valence-corrected chi connectivity index (χ4v) is 2.85. The second-order valence-electron chi connectivity index (χ2n) is 4.92. The number of hydrogen-bond donors (Lipinski definition) is 5. The molecule has 1 fully saturated rings. The number of aliphatic hydroxyl groups excluding tert-OH is 2. The number of anilines is 1. The summed E-state index contributed by atoms with van der Waals surface area (Å²) in [4.78, 5) is 30.0. The standard InChI is InChI=1S/C10H14N5O6PS/c11-8-5-9(13-2-12-8)15(3-14-5)10-7(17)6(16)4(21-10)1-20-22(18,19)23/h2-4,6-7,10,16-17H,1H2,(H2,11,12,13)(H2,18,19,23)/t4-,6-,7-,10-/m1/s1/i18+1,19+1,20+2. The van der Waals surface area contributed by atoms with Gasteiger partial charge in [0.1, 0.15) is 30.2 Å². The van der Waals surface area contributed by atoms with Gasteiger partial charge < -0.3 is 35.0 Å². The average Bonchev–Trinajstić information content (AvgIpc) is 3.01. The van der Waals surface area contributed by atoms with Crippen molar-refractivity contribution in [2.24, 2.45) is 0 Å². The summed E-state index contributed by atoms with van der Waals surface area (Å²) in [5.74, 6) is 0.169. The molecule has 6 N–H and O–H groups in total. The molecule has 1 aliphatic heterocycles. The Hall–Kier alpha value is -1.24. The predicted molar refractivity (Wildman–Crippen MR) is 80.3 cm³/mol. The van der Waals surface area contributed by atoms with E-state index in [1.54, 1.807) is 0 Å². The molecule has 2 aromatic heterocycles. The third-order valence-corrected chi connectivity index (χ3v) is 4.21.